The summed E-state index contributed by atoms with van der Waals surface area (Å²) in [5.74, 6) is 0. The minimum absolute atomic E-state index is 0.259. The smallest absolute Gasteiger partial charge is 0.410 e. The van der Waals surface area contributed by atoms with Gasteiger partial charge in [-0.05, 0) is 27.2 Å². The molecule has 0 saturated heterocycles. The maximum absolute atomic E-state index is 12.1. The maximum Gasteiger partial charge on any atom is 0.410 e. The van der Waals surface area contributed by atoms with Crippen LogP contribution in [0, 0.1) is 0 Å². The third-order valence-corrected chi connectivity index (χ3v) is 2.66. The highest BCUT2D eigenvalue weighted by atomic mass is 16.6. The summed E-state index contributed by atoms with van der Waals surface area (Å²) in [5.41, 5.74) is 0.424. The number of hydrogen-bond acceptors (Lipinski definition) is 5. The molecule has 120 valence electrons. The number of nitrogens with zero attached hydrogens (tertiary/aromatic N) is 4. The number of aryl methyl sites for hydroxylation is 1. The van der Waals surface area contributed by atoms with E-state index in [0.717, 1.165) is 12.1 Å². The van der Waals surface area contributed by atoms with Gasteiger partial charge >= 0.3 is 6.09 Å². The molecular formula is C14H27N5O2. The molecule has 21 heavy (non-hydrogen) atoms. The highest BCUT2D eigenvalue weighted by molar-refractivity contribution is 5.68. The topological polar surface area (TPSA) is 72.3 Å². The first kappa shape index (κ1) is 17.4. The number of aromatic nitrogens is 3. The molecule has 1 N–H and O–H groups in total. The highest BCUT2D eigenvalue weighted by Gasteiger charge is 2.21. The number of nitrogens with one attached hydrogen (secondary N) is 1. The van der Waals surface area contributed by atoms with Gasteiger partial charge in [0.2, 0.25) is 0 Å². The van der Waals surface area contributed by atoms with Gasteiger partial charge in [0.05, 0.1) is 5.69 Å². The van der Waals surface area contributed by atoms with Gasteiger partial charge in [-0.2, -0.15) is 0 Å². The predicted molar refractivity (Wildman–Crippen MR) is 80.8 cm³/mol. The Kier molecular flexibility index (Phi) is 6.61. The first-order valence-electron chi connectivity index (χ1n) is 7.35. The van der Waals surface area contributed by atoms with E-state index >= 15 is 0 Å². The van der Waals surface area contributed by atoms with Crippen molar-refractivity contribution in [3.8, 4) is 0 Å². The van der Waals surface area contributed by atoms with Gasteiger partial charge in [0.25, 0.3) is 0 Å². The summed E-state index contributed by atoms with van der Waals surface area (Å²) in [6, 6.07) is 0. The second-order valence-electron chi connectivity index (χ2n) is 6.03. The first-order valence-corrected chi connectivity index (χ1v) is 7.35. The van der Waals surface area contributed by atoms with Crippen molar-refractivity contribution in [2.75, 3.05) is 19.6 Å². The molecule has 1 rings (SSSR count). The molecule has 7 heteroatoms. The van der Waals surface area contributed by atoms with E-state index < -0.39 is 5.60 Å². The molecule has 7 nitrogen and oxygen atoms in total. The summed E-state index contributed by atoms with van der Waals surface area (Å²) in [6.45, 7) is 10.3. The van der Waals surface area contributed by atoms with Gasteiger partial charge in [-0.3, -0.25) is 4.68 Å². The predicted octanol–water partition coefficient (Wildman–Crippen LogP) is 1.55. The number of amides is 1. The van der Waals surface area contributed by atoms with Gasteiger partial charge in [-0.1, -0.05) is 12.1 Å². The molecule has 0 aliphatic heterocycles. The van der Waals surface area contributed by atoms with E-state index in [9.17, 15) is 4.79 Å². The van der Waals surface area contributed by atoms with E-state index in [1.165, 1.54) is 0 Å². The molecule has 1 aromatic rings. The van der Waals surface area contributed by atoms with Crippen molar-refractivity contribution >= 4 is 6.09 Å². The van der Waals surface area contributed by atoms with Crippen LogP contribution >= 0.6 is 0 Å². The van der Waals surface area contributed by atoms with Gasteiger partial charge < -0.3 is 15.0 Å². The normalized spacial score (nSPS) is 11.5. The number of rotatable bonds is 7. The molecule has 0 radical (unpaired) electrons. The Morgan fingerprint density at radius 2 is 2.14 bits per heavy atom. The lowest BCUT2D eigenvalue weighted by atomic mass is 10.2. The third-order valence-electron chi connectivity index (χ3n) is 2.66. The van der Waals surface area contributed by atoms with E-state index in [4.69, 9.17) is 4.74 Å². The molecule has 0 atom stereocenters. The first-order chi connectivity index (χ1) is 9.81. The molecule has 0 aromatic carbocycles. The third kappa shape index (κ3) is 7.08. The zero-order valence-corrected chi connectivity index (χ0v) is 13.7. The molecule has 1 aromatic heterocycles. The van der Waals surface area contributed by atoms with Crippen molar-refractivity contribution in [3.05, 3.63) is 11.9 Å². The van der Waals surface area contributed by atoms with Crippen LogP contribution in [0.2, 0.25) is 0 Å². The number of carbonyl (C=O) groups excluding carboxylic acids is 1. The summed E-state index contributed by atoms with van der Waals surface area (Å²) in [6.07, 6.45) is 2.51. The number of carbonyl (C=O) groups is 1. The van der Waals surface area contributed by atoms with Crippen LogP contribution in [0.4, 0.5) is 4.79 Å². The minimum Gasteiger partial charge on any atom is -0.444 e. The van der Waals surface area contributed by atoms with Gasteiger partial charge in [0, 0.05) is 39.4 Å². The maximum atomic E-state index is 12.1. The molecule has 0 aliphatic rings. The molecule has 0 saturated carbocycles. The van der Waals surface area contributed by atoms with Crippen LogP contribution < -0.4 is 5.32 Å². The lowest BCUT2D eigenvalue weighted by Gasteiger charge is -2.27. The molecule has 1 amide bonds. The molecule has 0 spiro atoms. The van der Waals surface area contributed by atoms with Crippen LogP contribution in [-0.4, -0.2) is 51.2 Å². The number of ether oxygens (including phenoxy) is 1. The largest absolute Gasteiger partial charge is 0.444 e. The Bertz CT molecular complexity index is 439. The van der Waals surface area contributed by atoms with Crippen LogP contribution in [0.25, 0.3) is 0 Å². The number of hydrogen-bond donors (Lipinski definition) is 1. The quantitative estimate of drug-likeness (QED) is 0.773. The molecular weight excluding hydrogens is 270 g/mol. The minimum atomic E-state index is -0.462. The van der Waals surface area contributed by atoms with Crippen molar-refractivity contribution in [2.45, 2.75) is 46.3 Å². The van der Waals surface area contributed by atoms with E-state index in [0.29, 0.717) is 26.2 Å². The van der Waals surface area contributed by atoms with E-state index in [2.05, 4.69) is 15.6 Å². The van der Waals surface area contributed by atoms with E-state index in [1.807, 2.05) is 40.9 Å². The van der Waals surface area contributed by atoms with Crippen molar-refractivity contribution in [1.82, 2.24) is 25.2 Å². The molecule has 1 heterocycles. The summed E-state index contributed by atoms with van der Waals surface area (Å²) < 4.78 is 7.07. The Balaban J connectivity index is 2.35. The summed E-state index contributed by atoms with van der Waals surface area (Å²) in [5, 5.41) is 11.1. The zero-order valence-electron chi connectivity index (χ0n) is 13.7. The monoisotopic (exact) mass is 297 g/mol. The van der Waals surface area contributed by atoms with Crippen molar-refractivity contribution < 1.29 is 9.53 Å². The summed E-state index contributed by atoms with van der Waals surface area (Å²) >= 11 is 0. The highest BCUT2D eigenvalue weighted by Crippen LogP contribution is 2.10. The van der Waals surface area contributed by atoms with Crippen LogP contribution in [0.15, 0.2) is 6.20 Å². The van der Waals surface area contributed by atoms with Gasteiger partial charge in [-0.25, -0.2) is 4.79 Å². The molecule has 0 bridgehead atoms. The molecule has 0 unspecified atom stereocenters. The second-order valence-corrected chi connectivity index (χ2v) is 6.03. The zero-order chi connectivity index (χ0) is 15.9. The Labute approximate surface area is 126 Å². The summed E-state index contributed by atoms with van der Waals surface area (Å²) in [7, 11) is 1.84. The Morgan fingerprint density at radius 1 is 1.43 bits per heavy atom. The van der Waals surface area contributed by atoms with Gasteiger partial charge in [0.1, 0.15) is 5.60 Å². The lowest BCUT2D eigenvalue weighted by molar-refractivity contribution is 0.0252. The van der Waals surface area contributed by atoms with Crippen LogP contribution in [0.5, 0.6) is 0 Å². The fraction of sp³-hybridized carbons (Fsp3) is 0.786. The molecule has 0 fully saturated rings. The van der Waals surface area contributed by atoms with E-state index in [1.54, 1.807) is 9.58 Å². The van der Waals surface area contributed by atoms with Crippen molar-refractivity contribution in [3.63, 3.8) is 0 Å². The van der Waals surface area contributed by atoms with Gasteiger partial charge in [-0.15, -0.1) is 5.10 Å². The van der Waals surface area contributed by atoms with Crippen LogP contribution in [0.1, 0.15) is 39.8 Å². The van der Waals surface area contributed by atoms with Crippen molar-refractivity contribution in [2.24, 2.45) is 7.05 Å². The van der Waals surface area contributed by atoms with E-state index in [-0.39, 0.29) is 6.09 Å². The Morgan fingerprint density at radius 3 is 2.67 bits per heavy atom. The average molecular weight is 297 g/mol. The van der Waals surface area contributed by atoms with Crippen LogP contribution in [-0.2, 0) is 18.3 Å². The lowest BCUT2D eigenvalue weighted by Crippen LogP contribution is -2.40. The SMILES string of the molecule is CCCN(CCNCc1cn(C)nn1)C(=O)OC(C)(C)C. The Hall–Kier alpha value is -1.63. The fourth-order valence-corrected chi connectivity index (χ4v) is 1.80. The fourth-order valence-electron chi connectivity index (χ4n) is 1.80. The second kappa shape index (κ2) is 7.97. The molecule has 0 aliphatic carbocycles. The standard InChI is InChI=1S/C14H27N5O2/c1-6-8-19(13(20)21-14(2,3)4)9-7-15-10-12-11-18(5)17-16-12/h11,15H,6-10H2,1-5H3. The average Bonchev–Trinajstić information content (AvgIpc) is 2.77. The van der Waals surface area contributed by atoms with Crippen molar-refractivity contribution in [1.29, 1.82) is 0 Å². The van der Waals surface area contributed by atoms with Gasteiger partial charge in [0.15, 0.2) is 0 Å². The van der Waals surface area contributed by atoms with Crippen LogP contribution in [0.3, 0.4) is 0 Å². The summed E-state index contributed by atoms with van der Waals surface area (Å²) in [4.78, 5) is 13.8.